The van der Waals surface area contributed by atoms with E-state index in [1.165, 1.54) is 6.42 Å². The summed E-state index contributed by atoms with van der Waals surface area (Å²) in [6.45, 7) is 4.81. The molecule has 1 N–H and O–H groups in total. The quantitative estimate of drug-likeness (QED) is 0.914. The van der Waals surface area contributed by atoms with Gasteiger partial charge in [-0.15, -0.1) is 0 Å². The lowest BCUT2D eigenvalue weighted by atomic mass is 9.99. The predicted molar refractivity (Wildman–Crippen MR) is 78.2 cm³/mol. The van der Waals surface area contributed by atoms with Crippen molar-refractivity contribution >= 4 is 5.91 Å². The Bertz CT molecular complexity index is 503. The van der Waals surface area contributed by atoms with E-state index in [4.69, 9.17) is 0 Å². The zero-order valence-corrected chi connectivity index (χ0v) is 12.2. The average Bonchev–Trinajstić information content (AvgIpc) is 3.05. The Kier molecular flexibility index (Phi) is 3.45. The van der Waals surface area contributed by atoms with Gasteiger partial charge < -0.3 is 10.0 Å². The Hall–Kier alpha value is -1.51. The van der Waals surface area contributed by atoms with Gasteiger partial charge in [0.05, 0.1) is 6.04 Å². The number of carbonyl (C=O) groups is 1. The summed E-state index contributed by atoms with van der Waals surface area (Å²) in [4.78, 5) is 14.7. The summed E-state index contributed by atoms with van der Waals surface area (Å²) in [7, 11) is 0. The molecule has 0 heterocycles. The van der Waals surface area contributed by atoms with Gasteiger partial charge in [-0.3, -0.25) is 4.79 Å². The van der Waals surface area contributed by atoms with Crippen molar-refractivity contribution in [2.75, 3.05) is 6.54 Å². The highest BCUT2D eigenvalue weighted by molar-refractivity contribution is 5.80. The zero-order valence-electron chi connectivity index (χ0n) is 12.2. The Morgan fingerprint density at radius 3 is 2.65 bits per heavy atom. The van der Waals surface area contributed by atoms with Crippen LogP contribution in [0.25, 0.3) is 0 Å². The van der Waals surface area contributed by atoms with Crippen LogP contribution < -0.4 is 0 Å². The van der Waals surface area contributed by atoms with Crippen LogP contribution in [0.15, 0.2) is 24.3 Å². The molecule has 0 spiro atoms. The molecule has 2 aliphatic carbocycles. The van der Waals surface area contributed by atoms with Gasteiger partial charge in [0.25, 0.3) is 0 Å². The van der Waals surface area contributed by atoms with Crippen LogP contribution in [-0.4, -0.2) is 22.5 Å². The smallest absolute Gasteiger partial charge is 0.226 e. The summed E-state index contributed by atoms with van der Waals surface area (Å²) < 4.78 is 0. The number of nitrogens with zero attached hydrogens (tertiary/aromatic N) is 1. The lowest BCUT2D eigenvalue weighted by Gasteiger charge is -2.31. The Morgan fingerprint density at radius 1 is 1.35 bits per heavy atom. The second-order valence-electron chi connectivity index (χ2n) is 6.32. The molecule has 1 aromatic carbocycles. The number of aromatic hydroxyl groups is 1. The molecule has 108 valence electrons. The monoisotopic (exact) mass is 273 g/mol. The average molecular weight is 273 g/mol. The predicted octanol–water partition coefficient (Wildman–Crippen LogP) is 3.35. The molecule has 3 heteroatoms. The lowest BCUT2D eigenvalue weighted by Crippen LogP contribution is -2.37. The minimum Gasteiger partial charge on any atom is -0.508 e. The first kappa shape index (κ1) is 13.5. The van der Waals surface area contributed by atoms with E-state index in [1.54, 1.807) is 12.1 Å². The number of benzene rings is 1. The van der Waals surface area contributed by atoms with Gasteiger partial charge in [-0.2, -0.15) is 0 Å². The summed E-state index contributed by atoms with van der Waals surface area (Å²) >= 11 is 0. The van der Waals surface area contributed by atoms with Gasteiger partial charge in [0.15, 0.2) is 0 Å². The van der Waals surface area contributed by atoms with E-state index in [2.05, 4.69) is 0 Å². The molecule has 1 aromatic rings. The van der Waals surface area contributed by atoms with E-state index in [0.717, 1.165) is 36.8 Å². The van der Waals surface area contributed by atoms with Crippen LogP contribution in [-0.2, 0) is 4.79 Å². The van der Waals surface area contributed by atoms with E-state index in [-0.39, 0.29) is 17.7 Å². The third-order valence-electron chi connectivity index (χ3n) is 5.04. The van der Waals surface area contributed by atoms with Crippen molar-refractivity contribution < 1.29 is 9.90 Å². The highest BCUT2D eigenvalue weighted by atomic mass is 16.3. The fraction of sp³-hybridized carbons (Fsp3) is 0.588. The number of fused-ring (bicyclic) bond motifs is 1. The van der Waals surface area contributed by atoms with Gasteiger partial charge in [0.1, 0.15) is 5.75 Å². The van der Waals surface area contributed by atoms with Gasteiger partial charge in [0, 0.05) is 12.5 Å². The van der Waals surface area contributed by atoms with Gasteiger partial charge in [0.2, 0.25) is 5.91 Å². The number of hydrogen-bond acceptors (Lipinski definition) is 2. The van der Waals surface area contributed by atoms with Crippen molar-refractivity contribution in [2.24, 2.45) is 17.8 Å². The number of carbonyl (C=O) groups excluding carboxylic acids is 1. The van der Waals surface area contributed by atoms with E-state index < -0.39 is 0 Å². The molecule has 3 rings (SSSR count). The van der Waals surface area contributed by atoms with Crippen molar-refractivity contribution in [2.45, 2.75) is 39.2 Å². The number of phenolic OH excluding ortho intramolecular Hbond substituents is 1. The van der Waals surface area contributed by atoms with E-state index in [1.807, 2.05) is 30.9 Å². The van der Waals surface area contributed by atoms with Crippen LogP contribution >= 0.6 is 0 Å². The van der Waals surface area contributed by atoms with Crippen LogP contribution in [0.4, 0.5) is 0 Å². The lowest BCUT2D eigenvalue weighted by molar-refractivity contribution is -0.137. The largest absolute Gasteiger partial charge is 0.508 e. The first-order chi connectivity index (χ1) is 9.60. The molecule has 0 radical (unpaired) electrons. The molecule has 0 aromatic heterocycles. The maximum absolute atomic E-state index is 12.7. The second-order valence-corrected chi connectivity index (χ2v) is 6.32. The van der Waals surface area contributed by atoms with E-state index >= 15 is 0 Å². The van der Waals surface area contributed by atoms with Crippen molar-refractivity contribution in [3.8, 4) is 5.75 Å². The topological polar surface area (TPSA) is 40.5 Å². The minimum absolute atomic E-state index is 0.0246. The summed E-state index contributed by atoms with van der Waals surface area (Å²) in [6, 6.07) is 7.26. The minimum atomic E-state index is 0.0246. The van der Waals surface area contributed by atoms with Crippen LogP contribution in [0.2, 0.25) is 0 Å². The Balaban J connectivity index is 1.73. The first-order valence-electron chi connectivity index (χ1n) is 7.69. The van der Waals surface area contributed by atoms with Crippen LogP contribution in [0.1, 0.15) is 44.7 Å². The molecule has 0 bridgehead atoms. The molecule has 3 nitrogen and oxygen atoms in total. The first-order valence-corrected chi connectivity index (χ1v) is 7.69. The summed E-state index contributed by atoms with van der Waals surface area (Å²) in [6.07, 6.45) is 3.53. The van der Waals surface area contributed by atoms with Gasteiger partial charge in [-0.1, -0.05) is 12.1 Å². The Labute approximate surface area is 120 Å². The van der Waals surface area contributed by atoms with Crippen LogP contribution in [0.5, 0.6) is 5.75 Å². The maximum atomic E-state index is 12.7. The zero-order chi connectivity index (χ0) is 14.3. The van der Waals surface area contributed by atoms with Gasteiger partial charge in [-0.25, -0.2) is 0 Å². The SMILES string of the molecule is CCN(C(=O)C1CC2CC2C1)C(C)c1cccc(O)c1. The molecular weight excluding hydrogens is 250 g/mol. The standard InChI is InChI=1S/C17H23NO2/c1-3-18(11(2)12-5-4-6-16(19)10-12)17(20)15-8-13-7-14(13)9-15/h4-6,10-11,13-15,19H,3,7-9H2,1-2H3. The molecule has 2 fully saturated rings. The summed E-state index contributed by atoms with van der Waals surface area (Å²) in [5, 5.41) is 9.60. The van der Waals surface area contributed by atoms with E-state index in [9.17, 15) is 9.90 Å². The van der Waals surface area contributed by atoms with Crippen LogP contribution in [0.3, 0.4) is 0 Å². The highest BCUT2D eigenvalue weighted by Gasteiger charge is 2.49. The van der Waals surface area contributed by atoms with Crippen molar-refractivity contribution in [1.82, 2.24) is 4.90 Å². The van der Waals surface area contributed by atoms with Crippen molar-refractivity contribution in [3.63, 3.8) is 0 Å². The Morgan fingerprint density at radius 2 is 2.05 bits per heavy atom. The van der Waals surface area contributed by atoms with Crippen LogP contribution in [0, 0.1) is 17.8 Å². The summed E-state index contributed by atoms with van der Waals surface area (Å²) in [5.74, 6) is 2.46. The molecular formula is C17H23NO2. The molecule has 2 aliphatic rings. The van der Waals surface area contributed by atoms with Gasteiger partial charge >= 0.3 is 0 Å². The fourth-order valence-electron chi connectivity index (χ4n) is 3.74. The highest BCUT2D eigenvalue weighted by Crippen LogP contribution is 2.54. The maximum Gasteiger partial charge on any atom is 0.226 e. The number of rotatable bonds is 4. The summed E-state index contributed by atoms with van der Waals surface area (Å²) in [5.41, 5.74) is 1.00. The molecule has 2 saturated carbocycles. The molecule has 0 aliphatic heterocycles. The van der Waals surface area contributed by atoms with E-state index in [0.29, 0.717) is 5.91 Å². The molecule has 1 amide bonds. The fourth-order valence-corrected chi connectivity index (χ4v) is 3.74. The number of hydrogen-bond donors (Lipinski definition) is 1. The van der Waals surface area contributed by atoms with Gasteiger partial charge in [-0.05, 0) is 62.6 Å². The molecule has 20 heavy (non-hydrogen) atoms. The second kappa shape index (κ2) is 5.12. The number of phenols is 1. The van der Waals surface area contributed by atoms with Crippen molar-refractivity contribution in [3.05, 3.63) is 29.8 Å². The molecule has 3 unspecified atom stereocenters. The molecule has 0 saturated heterocycles. The third kappa shape index (κ3) is 2.41. The molecule has 3 atom stereocenters. The number of amides is 1. The normalized spacial score (nSPS) is 28.8. The van der Waals surface area contributed by atoms with Crippen molar-refractivity contribution in [1.29, 1.82) is 0 Å². The third-order valence-corrected chi connectivity index (χ3v) is 5.04.